The number of hydrogen-bond acceptors (Lipinski definition) is 5. The van der Waals surface area contributed by atoms with Crippen molar-refractivity contribution in [3.8, 4) is 0 Å². The molecule has 0 fully saturated rings. The molecule has 2 rings (SSSR count). The van der Waals surface area contributed by atoms with Crippen LogP contribution in [-0.4, -0.2) is 16.2 Å². The van der Waals surface area contributed by atoms with Gasteiger partial charge in [0.25, 0.3) is 0 Å². The second-order valence-corrected chi connectivity index (χ2v) is 7.25. The lowest BCUT2D eigenvalue weighted by Crippen LogP contribution is -2.08. The van der Waals surface area contributed by atoms with Gasteiger partial charge in [-0.15, -0.1) is 10.2 Å². The summed E-state index contributed by atoms with van der Waals surface area (Å²) in [5, 5.41) is 12.2. The first kappa shape index (κ1) is 14.7. The van der Waals surface area contributed by atoms with Crippen LogP contribution in [0.5, 0.6) is 0 Å². The average Bonchev–Trinajstić information content (AvgIpc) is 2.74. The Balaban J connectivity index is 1.96. The molecular formula is C12H13BrFN3S2. The number of nitrogens with one attached hydrogen (secondary N) is 1. The van der Waals surface area contributed by atoms with Crippen molar-refractivity contribution in [3.05, 3.63) is 34.1 Å². The zero-order valence-electron chi connectivity index (χ0n) is 10.5. The van der Waals surface area contributed by atoms with E-state index < -0.39 is 0 Å². The molecule has 0 bridgehead atoms. The van der Waals surface area contributed by atoms with E-state index in [2.05, 4.69) is 45.3 Å². The number of hydrogen-bond donors (Lipinski definition) is 1. The zero-order valence-corrected chi connectivity index (χ0v) is 13.7. The third-order valence-corrected chi connectivity index (χ3v) is 4.96. The lowest BCUT2D eigenvalue weighted by atomic mass is 10.2. The fourth-order valence-electron chi connectivity index (χ4n) is 1.35. The molecular weight excluding hydrogens is 349 g/mol. The van der Waals surface area contributed by atoms with Crippen LogP contribution in [0, 0.1) is 5.82 Å². The first-order valence-corrected chi connectivity index (χ1v) is 8.31. The molecule has 0 saturated carbocycles. The van der Waals surface area contributed by atoms with Gasteiger partial charge in [0.1, 0.15) is 5.82 Å². The quantitative estimate of drug-likeness (QED) is 0.792. The fourth-order valence-corrected chi connectivity index (χ4v) is 3.93. The van der Waals surface area contributed by atoms with E-state index >= 15 is 0 Å². The molecule has 0 aliphatic heterocycles. The van der Waals surface area contributed by atoms with Gasteiger partial charge in [-0.2, -0.15) is 0 Å². The minimum atomic E-state index is -0.236. The van der Waals surface area contributed by atoms with Gasteiger partial charge in [0.15, 0.2) is 4.34 Å². The molecule has 19 heavy (non-hydrogen) atoms. The van der Waals surface area contributed by atoms with Crippen LogP contribution in [0.4, 0.5) is 9.52 Å². The molecule has 1 aromatic heterocycles. The largest absolute Gasteiger partial charge is 0.358 e. The molecule has 7 heteroatoms. The summed E-state index contributed by atoms with van der Waals surface area (Å²) >= 11 is 6.48. The highest BCUT2D eigenvalue weighted by Gasteiger charge is 2.08. The van der Waals surface area contributed by atoms with E-state index in [1.165, 1.54) is 23.5 Å². The summed E-state index contributed by atoms with van der Waals surface area (Å²) < 4.78 is 14.7. The average molecular weight is 362 g/mol. The van der Waals surface area contributed by atoms with Gasteiger partial charge in [-0.1, -0.05) is 45.1 Å². The van der Waals surface area contributed by atoms with Gasteiger partial charge in [0, 0.05) is 16.3 Å². The molecule has 0 spiro atoms. The van der Waals surface area contributed by atoms with Gasteiger partial charge < -0.3 is 5.32 Å². The van der Waals surface area contributed by atoms with E-state index in [-0.39, 0.29) is 5.82 Å². The Morgan fingerprint density at radius 2 is 2.21 bits per heavy atom. The topological polar surface area (TPSA) is 37.8 Å². The standard InChI is InChI=1S/C12H13BrFN3S2/c1-7(2)15-11-16-17-12(19-11)18-6-8-3-4-9(14)5-10(8)13/h3-5,7H,6H2,1-2H3,(H,15,16). The normalized spacial score (nSPS) is 11.0. The SMILES string of the molecule is CC(C)Nc1nnc(SCc2ccc(F)cc2Br)s1. The summed E-state index contributed by atoms with van der Waals surface area (Å²) in [5.74, 6) is 0.497. The maximum absolute atomic E-state index is 13.0. The van der Waals surface area contributed by atoms with E-state index in [1.54, 1.807) is 17.8 Å². The van der Waals surface area contributed by atoms with Crippen molar-refractivity contribution in [2.75, 3.05) is 5.32 Å². The molecule has 0 aliphatic carbocycles. The van der Waals surface area contributed by atoms with Crippen LogP contribution < -0.4 is 5.32 Å². The Kier molecular flexibility index (Phi) is 5.18. The number of aromatic nitrogens is 2. The summed E-state index contributed by atoms with van der Waals surface area (Å²) in [5.41, 5.74) is 1.04. The van der Waals surface area contributed by atoms with E-state index in [4.69, 9.17) is 0 Å². The third-order valence-electron chi connectivity index (χ3n) is 2.18. The zero-order chi connectivity index (χ0) is 13.8. The van der Waals surface area contributed by atoms with Gasteiger partial charge in [0.2, 0.25) is 5.13 Å². The number of halogens is 2. The molecule has 102 valence electrons. The highest BCUT2D eigenvalue weighted by Crippen LogP contribution is 2.30. The summed E-state index contributed by atoms with van der Waals surface area (Å²) in [6, 6.07) is 5.06. The van der Waals surface area contributed by atoms with Crippen LogP contribution in [0.3, 0.4) is 0 Å². The molecule has 0 unspecified atom stereocenters. The molecule has 0 saturated heterocycles. The predicted octanol–water partition coefficient (Wildman–Crippen LogP) is 4.55. The number of nitrogens with zero attached hydrogens (tertiary/aromatic N) is 2. The summed E-state index contributed by atoms with van der Waals surface area (Å²) in [7, 11) is 0. The van der Waals surface area contributed by atoms with Crippen molar-refractivity contribution in [2.24, 2.45) is 0 Å². The molecule has 0 atom stereocenters. The van der Waals surface area contributed by atoms with E-state index in [9.17, 15) is 4.39 Å². The molecule has 0 amide bonds. The van der Waals surface area contributed by atoms with Crippen molar-refractivity contribution in [1.29, 1.82) is 0 Å². The maximum Gasteiger partial charge on any atom is 0.206 e. The maximum atomic E-state index is 13.0. The van der Waals surface area contributed by atoms with E-state index in [0.717, 1.165) is 25.3 Å². The lowest BCUT2D eigenvalue weighted by Gasteiger charge is -2.03. The van der Waals surface area contributed by atoms with Gasteiger partial charge in [-0.25, -0.2) is 4.39 Å². The van der Waals surface area contributed by atoms with Crippen molar-refractivity contribution in [3.63, 3.8) is 0 Å². The Hall–Kier alpha value is -0.660. The minimum absolute atomic E-state index is 0.236. The molecule has 1 heterocycles. The Labute approximate surface area is 128 Å². The molecule has 3 nitrogen and oxygen atoms in total. The van der Waals surface area contributed by atoms with Gasteiger partial charge in [-0.05, 0) is 31.5 Å². The van der Waals surface area contributed by atoms with E-state index in [1.807, 2.05) is 0 Å². The number of benzene rings is 1. The molecule has 0 aliphatic rings. The first-order chi connectivity index (χ1) is 9.04. The monoisotopic (exact) mass is 361 g/mol. The van der Waals surface area contributed by atoms with Gasteiger partial charge >= 0.3 is 0 Å². The molecule has 1 N–H and O–H groups in total. The fraction of sp³-hybridized carbons (Fsp3) is 0.333. The Morgan fingerprint density at radius 3 is 2.89 bits per heavy atom. The second-order valence-electron chi connectivity index (χ2n) is 4.20. The van der Waals surface area contributed by atoms with Crippen LogP contribution in [0.1, 0.15) is 19.4 Å². The van der Waals surface area contributed by atoms with Crippen molar-refractivity contribution >= 4 is 44.2 Å². The van der Waals surface area contributed by atoms with E-state index in [0.29, 0.717) is 6.04 Å². The number of rotatable bonds is 5. The lowest BCUT2D eigenvalue weighted by molar-refractivity contribution is 0.626. The Bertz CT molecular complexity index is 560. The minimum Gasteiger partial charge on any atom is -0.358 e. The highest BCUT2D eigenvalue weighted by molar-refractivity contribution is 9.10. The predicted molar refractivity (Wildman–Crippen MR) is 82.3 cm³/mol. The highest BCUT2D eigenvalue weighted by atomic mass is 79.9. The molecule has 1 aromatic carbocycles. The van der Waals surface area contributed by atoms with Crippen LogP contribution in [0.2, 0.25) is 0 Å². The summed E-state index contributed by atoms with van der Waals surface area (Å²) in [6.45, 7) is 4.12. The van der Waals surface area contributed by atoms with Crippen molar-refractivity contribution in [2.45, 2.75) is 30.0 Å². The van der Waals surface area contributed by atoms with Crippen molar-refractivity contribution in [1.82, 2.24) is 10.2 Å². The number of thioether (sulfide) groups is 1. The molecule has 2 aromatic rings. The number of anilines is 1. The summed E-state index contributed by atoms with van der Waals surface area (Å²) in [6.07, 6.45) is 0. The third kappa shape index (κ3) is 4.43. The van der Waals surface area contributed by atoms with Crippen LogP contribution in [0.25, 0.3) is 0 Å². The second kappa shape index (κ2) is 6.67. The van der Waals surface area contributed by atoms with Gasteiger partial charge in [0.05, 0.1) is 0 Å². The summed E-state index contributed by atoms with van der Waals surface area (Å²) in [4.78, 5) is 0. The first-order valence-electron chi connectivity index (χ1n) is 5.71. The van der Waals surface area contributed by atoms with Crippen LogP contribution >= 0.6 is 39.0 Å². The molecule has 0 radical (unpaired) electrons. The van der Waals surface area contributed by atoms with Crippen LogP contribution in [0.15, 0.2) is 27.0 Å². The smallest absolute Gasteiger partial charge is 0.206 e. The Morgan fingerprint density at radius 1 is 1.42 bits per heavy atom. The van der Waals surface area contributed by atoms with Crippen molar-refractivity contribution < 1.29 is 4.39 Å². The van der Waals surface area contributed by atoms with Crippen LogP contribution in [-0.2, 0) is 5.75 Å². The van der Waals surface area contributed by atoms with Gasteiger partial charge in [-0.3, -0.25) is 0 Å².